The predicted octanol–water partition coefficient (Wildman–Crippen LogP) is 1.58. The van der Waals surface area contributed by atoms with E-state index < -0.39 is 0 Å². The van der Waals surface area contributed by atoms with E-state index in [1.807, 2.05) is 19.1 Å². The normalized spacial score (nSPS) is 26.6. The largest absolute Gasteiger partial charge is 0.467 e. The molecule has 4 nitrogen and oxygen atoms in total. The SMILES string of the molecule is C[C@H](NC(=O)C1CCC(N)C1)c1ccco1. The van der Waals surface area contributed by atoms with Gasteiger partial charge < -0.3 is 15.5 Å². The Bertz CT molecular complexity index is 348. The topological polar surface area (TPSA) is 68.3 Å². The molecule has 1 saturated carbocycles. The molecule has 88 valence electrons. The molecular weight excluding hydrogens is 204 g/mol. The molecule has 0 aromatic carbocycles. The summed E-state index contributed by atoms with van der Waals surface area (Å²) >= 11 is 0. The van der Waals surface area contributed by atoms with E-state index in [-0.39, 0.29) is 23.9 Å². The maximum absolute atomic E-state index is 11.9. The number of carbonyl (C=O) groups is 1. The summed E-state index contributed by atoms with van der Waals surface area (Å²) in [6.45, 7) is 1.92. The Morgan fingerprint density at radius 1 is 1.62 bits per heavy atom. The Kier molecular flexibility index (Phi) is 3.29. The standard InChI is InChI=1S/C12H18N2O2/c1-8(11-3-2-6-16-11)14-12(15)9-4-5-10(13)7-9/h2-3,6,8-10H,4-5,7,13H2,1H3,(H,14,15)/t8-,9?,10?/m0/s1. The van der Waals surface area contributed by atoms with Gasteiger partial charge >= 0.3 is 0 Å². The fraction of sp³-hybridized carbons (Fsp3) is 0.583. The van der Waals surface area contributed by atoms with Gasteiger partial charge in [0.25, 0.3) is 0 Å². The maximum atomic E-state index is 11.9. The summed E-state index contributed by atoms with van der Waals surface area (Å²) in [4.78, 5) is 11.9. The van der Waals surface area contributed by atoms with E-state index in [0.717, 1.165) is 25.0 Å². The van der Waals surface area contributed by atoms with Gasteiger partial charge in [0.15, 0.2) is 0 Å². The Hall–Kier alpha value is -1.29. The van der Waals surface area contributed by atoms with Crippen LogP contribution in [0.25, 0.3) is 0 Å². The zero-order chi connectivity index (χ0) is 11.5. The van der Waals surface area contributed by atoms with Crippen LogP contribution in [0.15, 0.2) is 22.8 Å². The monoisotopic (exact) mass is 222 g/mol. The molecule has 4 heteroatoms. The van der Waals surface area contributed by atoms with E-state index in [1.165, 1.54) is 0 Å². The number of rotatable bonds is 3. The van der Waals surface area contributed by atoms with Crippen molar-refractivity contribution >= 4 is 5.91 Å². The van der Waals surface area contributed by atoms with Crippen LogP contribution < -0.4 is 11.1 Å². The van der Waals surface area contributed by atoms with Crippen molar-refractivity contribution in [3.8, 4) is 0 Å². The van der Waals surface area contributed by atoms with Crippen LogP contribution in [0.2, 0.25) is 0 Å². The second kappa shape index (κ2) is 4.70. The molecule has 1 fully saturated rings. The maximum Gasteiger partial charge on any atom is 0.223 e. The van der Waals surface area contributed by atoms with Crippen molar-refractivity contribution in [2.45, 2.75) is 38.3 Å². The van der Waals surface area contributed by atoms with E-state index in [0.29, 0.717) is 0 Å². The van der Waals surface area contributed by atoms with Gasteiger partial charge in [0, 0.05) is 12.0 Å². The highest BCUT2D eigenvalue weighted by Crippen LogP contribution is 2.25. The summed E-state index contributed by atoms with van der Waals surface area (Å²) in [6, 6.07) is 3.81. The minimum absolute atomic E-state index is 0.0701. The summed E-state index contributed by atoms with van der Waals surface area (Å²) < 4.78 is 5.24. The third kappa shape index (κ3) is 2.44. The molecule has 0 saturated heterocycles. The van der Waals surface area contributed by atoms with Crippen LogP contribution in [0.3, 0.4) is 0 Å². The minimum atomic E-state index is -0.0701. The smallest absolute Gasteiger partial charge is 0.223 e. The number of nitrogens with two attached hydrogens (primary N) is 1. The first kappa shape index (κ1) is 11.2. The van der Waals surface area contributed by atoms with Crippen molar-refractivity contribution in [2.24, 2.45) is 11.7 Å². The van der Waals surface area contributed by atoms with Gasteiger partial charge in [-0.25, -0.2) is 0 Å². The minimum Gasteiger partial charge on any atom is -0.467 e. The summed E-state index contributed by atoms with van der Waals surface area (Å²) in [5, 5.41) is 2.96. The van der Waals surface area contributed by atoms with Crippen molar-refractivity contribution in [1.82, 2.24) is 5.32 Å². The van der Waals surface area contributed by atoms with Crippen LogP contribution in [-0.4, -0.2) is 11.9 Å². The molecule has 1 aliphatic rings. The van der Waals surface area contributed by atoms with Gasteiger partial charge in [-0.3, -0.25) is 4.79 Å². The van der Waals surface area contributed by atoms with Crippen LogP contribution >= 0.6 is 0 Å². The molecule has 1 aromatic heterocycles. The Labute approximate surface area is 95.2 Å². The summed E-state index contributed by atoms with van der Waals surface area (Å²) in [5.41, 5.74) is 5.79. The first-order valence-corrected chi connectivity index (χ1v) is 5.76. The van der Waals surface area contributed by atoms with Gasteiger partial charge in [0.05, 0.1) is 12.3 Å². The van der Waals surface area contributed by atoms with Gasteiger partial charge in [-0.2, -0.15) is 0 Å². The average molecular weight is 222 g/mol. The molecule has 3 atom stereocenters. The second-order valence-corrected chi connectivity index (χ2v) is 4.52. The zero-order valence-corrected chi connectivity index (χ0v) is 9.48. The Morgan fingerprint density at radius 3 is 3.00 bits per heavy atom. The Balaban J connectivity index is 1.88. The van der Waals surface area contributed by atoms with Crippen molar-refractivity contribution in [2.75, 3.05) is 0 Å². The van der Waals surface area contributed by atoms with E-state index in [2.05, 4.69) is 5.32 Å². The Morgan fingerprint density at radius 2 is 2.44 bits per heavy atom. The molecule has 2 rings (SSSR count). The number of nitrogens with one attached hydrogen (secondary N) is 1. The van der Waals surface area contributed by atoms with Gasteiger partial charge in [-0.05, 0) is 38.3 Å². The fourth-order valence-corrected chi connectivity index (χ4v) is 2.19. The van der Waals surface area contributed by atoms with Gasteiger partial charge in [-0.1, -0.05) is 0 Å². The molecule has 0 spiro atoms. The van der Waals surface area contributed by atoms with Gasteiger partial charge in [0.1, 0.15) is 5.76 Å². The molecule has 1 amide bonds. The van der Waals surface area contributed by atoms with Crippen LogP contribution in [-0.2, 0) is 4.79 Å². The van der Waals surface area contributed by atoms with Crippen molar-refractivity contribution in [3.05, 3.63) is 24.2 Å². The summed E-state index contributed by atoms with van der Waals surface area (Å²) in [6.07, 6.45) is 4.27. The molecule has 2 unspecified atom stereocenters. The van der Waals surface area contributed by atoms with Crippen LogP contribution in [0.1, 0.15) is 38.0 Å². The molecule has 1 heterocycles. The third-order valence-corrected chi connectivity index (χ3v) is 3.17. The average Bonchev–Trinajstić information content (AvgIpc) is 2.87. The number of amides is 1. The molecule has 1 aliphatic carbocycles. The highest BCUT2D eigenvalue weighted by molar-refractivity contribution is 5.79. The van der Waals surface area contributed by atoms with Crippen molar-refractivity contribution in [3.63, 3.8) is 0 Å². The molecule has 1 aromatic rings. The molecule has 0 aliphatic heterocycles. The van der Waals surface area contributed by atoms with Gasteiger partial charge in [-0.15, -0.1) is 0 Å². The van der Waals surface area contributed by atoms with E-state index in [9.17, 15) is 4.79 Å². The number of furan rings is 1. The summed E-state index contributed by atoms with van der Waals surface area (Å²) in [7, 11) is 0. The second-order valence-electron chi connectivity index (χ2n) is 4.52. The zero-order valence-electron chi connectivity index (χ0n) is 9.48. The molecular formula is C12H18N2O2. The van der Waals surface area contributed by atoms with Gasteiger partial charge in [0.2, 0.25) is 5.91 Å². The lowest BCUT2D eigenvalue weighted by atomic mass is 10.1. The molecule has 16 heavy (non-hydrogen) atoms. The molecule has 3 N–H and O–H groups in total. The van der Waals surface area contributed by atoms with Crippen molar-refractivity contribution < 1.29 is 9.21 Å². The lowest BCUT2D eigenvalue weighted by molar-refractivity contribution is -0.125. The number of hydrogen-bond donors (Lipinski definition) is 2. The number of hydrogen-bond acceptors (Lipinski definition) is 3. The van der Waals surface area contributed by atoms with E-state index >= 15 is 0 Å². The number of carbonyl (C=O) groups excluding carboxylic acids is 1. The third-order valence-electron chi connectivity index (χ3n) is 3.17. The molecule has 0 radical (unpaired) electrons. The fourth-order valence-electron chi connectivity index (χ4n) is 2.19. The van der Waals surface area contributed by atoms with Crippen LogP contribution in [0, 0.1) is 5.92 Å². The lowest BCUT2D eigenvalue weighted by Crippen LogP contribution is -2.32. The first-order chi connectivity index (χ1) is 7.66. The highest BCUT2D eigenvalue weighted by Gasteiger charge is 2.28. The summed E-state index contributed by atoms with van der Waals surface area (Å²) in [5.74, 6) is 0.958. The van der Waals surface area contributed by atoms with Crippen LogP contribution in [0.4, 0.5) is 0 Å². The van der Waals surface area contributed by atoms with Crippen LogP contribution in [0.5, 0.6) is 0 Å². The lowest BCUT2D eigenvalue weighted by Gasteiger charge is -2.15. The highest BCUT2D eigenvalue weighted by atomic mass is 16.3. The quantitative estimate of drug-likeness (QED) is 0.816. The first-order valence-electron chi connectivity index (χ1n) is 5.76. The predicted molar refractivity (Wildman–Crippen MR) is 60.6 cm³/mol. The van der Waals surface area contributed by atoms with E-state index in [4.69, 9.17) is 10.2 Å². The van der Waals surface area contributed by atoms with Crippen molar-refractivity contribution in [1.29, 1.82) is 0 Å². The molecule has 0 bridgehead atoms. The van der Waals surface area contributed by atoms with E-state index in [1.54, 1.807) is 6.26 Å².